The van der Waals surface area contributed by atoms with Gasteiger partial charge in [-0.25, -0.2) is 4.57 Å². The molecule has 2 N–H and O–H groups in total. The molecule has 0 rings (SSSR count). The van der Waals surface area contributed by atoms with E-state index in [2.05, 4.69) is 67.0 Å². The van der Waals surface area contributed by atoms with Crippen molar-refractivity contribution in [3.63, 3.8) is 0 Å². The number of phosphoric acid groups is 1. The fraction of sp³-hybridized carbons (Fsp3) is 0.714. The second-order valence-electron chi connectivity index (χ2n) is 11.1. The first kappa shape index (κ1) is 42.0. The summed E-state index contributed by atoms with van der Waals surface area (Å²) in [5, 5.41) is 0. The van der Waals surface area contributed by atoms with Crippen LogP contribution in [0, 0.1) is 0 Å². The van der Waals surface area contributed by atoms with E-state index >= 15 is 0 Å². The highest BCUT2D eigenvalue weighted by molar-refractivity contribution is 7.46. The smallest absolute Gasteiger partial charge is 0.462 e. The molecule has 0 amide bonds. The molecule has 9 heteroatoms. The summed E-state index contributed by atoms with van der Waals surface area (Å²) in [5.41, 5.74) is 0. The minimum Gasteiger partial charge on any atom is -0.462 e. The average molecular weight is 641 g/mol. The van der Waals surface area contributed by atoms with Gasteiger partial charge in [-0.15, -0.1) is 0 Å². The molecule has 0 aliphatic rings. The fourth-order valence-electron chi connectivity index (χ4n) is 4.24. The molecule has 0 bridgehead atoms. The second-order valence-corrected chi connectivity index (χ2v) is 12.4. The summed E-state index contributed by atoms with van der Waals surface area (Å²) in [4.78, 5) is 42.5. The van der Waals surface area contributed by atoms with E-state index in [0.717, 1.165) is 70.6 Å². The van der Waals surface area contributed by atoms with Crippen molar-refractivity contribution in [2.75, 3.05) is 13.2 Å². The molecule has 1 atom stereocenters. The first-order valence-electron chi connectivity index (χ1n) is 16.9. The molecular formula is C35H61O8P. The van der Waals surface area contributed by atoms with E-state index < -0.39 is 32.5 Å². The molecule has 0 radical (unpaired) electrons. The second kappa shape index (κ2) is 31.0. The molecule has 0 heterocycles. The molecule has 0 aromatic heterocycles. The number of allylic oxidation sites excluding steroid dienone is 8. The molecule has 0 aromatic rings. The van der Waals surface area contributed by atoms with E-state index in [9.17, 15) is 14.2 Å². The Morgan fingerprint density at radius 1 is 0.591 bits per heavy atom. The lowest BCUT2D eigenvalue weighted by atomic mass is 10.1. The molecular weight excluding hydrogens is 579 g/mol. The maximum absolute atomic E-state index is 12.3. The Labute approximate surface area is 267 Å². The lowest BCUT2D eigenvalue weighted by molar-refractivity contribution is -0.161. The van der Waals surface area contributed by atoms with Gasteiger partial charge in [0.2, 0.25) is 0 Å². The topological polar surface area (TPSA) is 119 Å². The van der Waals surface area contributed by atoms with Gasteiger partial charge in [0.1, 0.15) is 6.61 Å². The Morgan fingerprint density at radius 3 is 1.66 bits per heavy atom. The van der Waals surface area contributed by atoms with Crippen LogP contribution in [0.25, 0.3) is 0 Å². The molecule has 0 fully saturated rings. The minimum absolute atomic E-state index is 0.191. The zero-order chi connectivity index (χ0) is 32.6. The van der Waals surface area contributed by atoms with Crippen molar-refractivity contribution in [1.29, 1.82) is 0 Å². The molecule has 0 aromatic carbocycles. The van der Waals surface area contributed by atoms with Crippen molar-refractivity contribution in [3.05, 3.63) is 48.6 Å². The molecule has 44 heavy (non-hydrogen) atoms. The van der Waals surface area contributed by atoms with Crippen LogP contribution in [-0.2, 0) is 28.2 Å². The van der Waals surface area contributed by atoms with Gasteiger partial charge >= 0.3 is 19.8 Å². The molecule has 0 saturated carbocycles. The maximum Gasteiger partial charge on any atom is 0.469 e. The lowest BCUT2D eigenvalue weighted by Crippen LogP contribution is -2.29. The largest absolute Gasteiger partial charge is 0.469 e. The van der Waals surface area contributed by atoms with E-state index in [-0.39, 0.29) is 19.4 Å². The highest BCUT2D eigenvalue weighted by Gasteiger charge is 2.22. The highest BCUT2D eigenvalue weighted by atomic mass is 31.2. The first-order valence-corrected chi connectivity index (χ1v) is 18.5. The standard InChI is InChI=1S/C35H61O8P/c1-3-5-7-9-11-13-15-16-17-18-20-21-23-25-27-29-34(36)41-31-33(32-42-44(38,39)40)43-35(37)30-28-26-24-22-19-14-12-10-8-6-4-2/h10-13,16-17,20-21,33H,3-9,14-15,18-19,22-32H2,1-2H3,(H2,38,39,40)/b12-10-,13-11-,17-16-,21-20-/t33-/m1/s1. The van der Waals surface area contributed by atoms with Crippen LogP contribution in [0.15, 0.2) is 48.6 Å². The van der Waals surface area contributed by atoms with Gasteiger partial charge in [-0.3, -0.25) is 14.1 Å². The summed E-state index contributed by atoms with van der Waals surface area (Å²) in [7, 11) is -4.75. The Bertz CT molecular complexity index is 859. The molecule has 0 spiro atoms. The summed E-state index contributed by atoms with van der Waals surface area (Å²) in [6.07, 6.45) is 35.5. The lowest BCUT2D eigenvalue weighted by Gasteiger charge is -2.18. The number of carbonyl (C=O) groups is 2. The van der Waals surface area contributed by atoms with E-state index in [1.54, 1.807) is 0 Å². The number of carbonyl (C=O) groups excluding carboxylic acids is 2. The van der Waals surface area contributed by atoms with Crippen molar-refractivity contribution in [2.45, 2.75) is 148 Å². The normalized spacial score (nSPS) is 13.1. The molecule has 0 aliphatic heterocycles. The monoisotopic (exact) mass is 640 g/mol. The van der Waals surface area contributed by atoms with Crippen molar-refractivity contribution >= 4 is 19.8 Å². The maximum atomic E-state index is 12.3. The van der Waals surface area contributed by atoms with Crippen LogP contribution < -0.4 is 0 Å². The number of ether oxygens (including phenoxy) is 2. The number of hydrogen-bond donors (Lipinski definition) is 2. The fourth-order valence-corrected chi connectivity index (χ4v) is 4.60. The van der Waals surface area contributed by atoms with E-state index in [0.29, 0.717) is 12.8 Å². The SMILES string of the molecule is CCCC/C=C\CCCCCCCC(=O)O[C@H](COC(=O)CCCC/C=C\C/C=C\C/C=C\CCCCC)COP(=O)(O)O. The third kappa shape index (κ3) is 32.9. The Balaban J connectivity index is 4.11. The molecule has 0 aliphatic carbocycles. The van der Waals surface area contributed by atoms with Crippen LogP contribution in [0.2, 0.25) is 0 Å². The predicted octanol–water partition coefficient (Wildman–Crippen LogP) is 9.62. The van der Waals surface area contributed by atoms with Gasteiger partial charge in [0.25, 0.3) is 0 Å². The van der Waals surface area contributed by atoms with Crippen molar-refractivity contribution in [3.8, 4) is 0 Å². The zero-order valence-corrected chi connectivity index (χ0v) is 28.4. The summed E-state index contributed by atoms with van der Waals surface area (Å²) in [6, 6.07) is 0. The summed E-state index contributed by atoms with van der Waals surface area (Å²) in [5.74, 6) is -0.947. The summed E-state index contributed by atoms with van der Waals surface area (Å²) < 4.78 is 26.1. The zero-order valence-electron chi connectivity index (χ0n) is 27.5. The van der Waals surface area contributed by atoms with Gasteiger partial charge in [0.05, 0.1) is 6.61 Å². The van der Waals surface area contributed by atoms with Gasteiger partial charge in [0, 0.05) is 12.8 Å². The van der Waals surface area contributed by atoms with Crippen LogP contribution >= 0.6 is 7.82 Å². The number of hydrogen-bond acceptors (Lipinski definition) is 6. The van der Waals surface area contributed by atoms with Gasteiger partial charge in [-0.05, 0) is 70.6 Å². The quantitative estimate of drug-likeness (QED) is 0.0345. The van der Waals surface area contributed by atoms with Gasteiger partial charge in [-0.1, -0.05) is 107 Å². The Hall–Kier alpha value is -1.99. The van der Waals surface area contributed by atoms with Crippen molar-refractivity contribution in [2.24, 2.45) is 0 Å². The molecule has 8 nitrogen and oxygen atoms in total. The van der Waals surface area contributed by atoms with Gasteiger partial charge < -0.3 is 19.3 Å². The van der Waals surface area contributed by atoms with Crippen LogP contribution in [0.4, 0.5) is 0 Å². The Morgan fingerprint density at radius 2 is 1.05 bits per heavy atom. The number of unbranched alkanes of at least 4 members (excludes halogenated alkanes) is 12. The van der Waals surface area contributed by atoms with Crippen molar-refractivity contribution in [1.82, 2.24) is 0 Å². The summed E-state index contributed by atoms with van der Waals surface area (Å²) in [6.45, 7) is 3.54. The first-order chi connectivity index (χ1) is 21.3. The number of esters is 2. The molecule has 254 valence electrons. The van der Waals surface area contributed by atoms with Crippen LogP contribution in [0.3, 0.4) is 0 Å². The third-order valence-corrected chi connectivity index (χ3v) is 7.31. The Kier molecular flexibility index (Phi) is 29.6. The van der Waals surface area contributed by atoms with E-state index in [1.807, 2.05) is 0 Å². The van der Waals surface area contributed by atoms with Gasteiger partial charge in [0.15, 0.2) is 6.10 Å². The van der Waals surface area contributed by atoms with Crippen LogP contribution in [0.1, 0.15) is 142 Å². The van der Waals surface area contributed by atoms with Crippen LogP contribution in [0.5, 0.6) is 0 Å². The highest BCUT2D eigenvalue weighted by Crippen LogP contribution is 2.35. The number of rotatable bonds is 30. The van der Waals surface area contributed by atoms with E-state index in [1.165, 1.54) is 32.1 Å². The number of phosphoric ester groups is 1. The van der Waals surface area contributed by atoms with Crippen LogP contribution in [-0.4, -0.2) is 41.0 Å². The molecule has 0 unspecified atom stereocenters. The average Bonchev–Trinajstić information content (AvgIpc) is 2.98. The summed E-state index contributed by atoms with van der Waals surface area (Å²) >= 11 is 0. The van der Waals surface area contributed by atoms with Gasteiger partial charge in [-0.2, -0.15) is 0 Å². The van der Waals surface area contributed by atoms with E-state index in [4.69, 9.17) is 19.3 Å². The predicted molar refractivity (Wildman–Crippen MR) is 179 cm³/mol. The van der Waals surface area contributed by atoms with Crippen molar-refractivity contribution < 1.29 is 37.9 Å². The third-order valence-electron chi connectivity index (χ3n) is 6.82. The minimum atomic E-state index is -4.75. The molecule has 0 saturated heterocycles.